The summed E-state index contributed by atoms with van der Waals surface area (Å²) in [4.78, 5) is 24.1. The van der Waals surface area contributed by atoms with E-state index in [1.807, 2.05) is 0 Å². The fourth-order valence-electron chi connectivity index (χ4n) is 3.48. The van der Waals surface area contributed by atoms with Crippen molar-refractivity contribution in [2.75, 3.05) is 0 Å². The van der Waals surface area contributed by atoms with Crippen LogP contribution in [0, 0.1) is 0 Å². The molecule has 3 aromatic rings. The fraction of sp³-hybridized carbons (Fsp3) is 0.190. The molecule has 1 aromatic heterocycles. The largest absolute Gasteiger partial charge is 0.478 e. The van der Waals surface area contributed by atoms with Gasteiger partial charge in [0.05, 0.1) is 6.54 Å². The first-order valence-electron chi connectivity index (χ1n) is 8.98. The van der Waals surface area contributed by atoms with Gasteiger partial charge in [0.2, 0.25) is 0 Å². The highest BCUT2D eigenvalue weighted by molar-refractivity contribution is 6.07. The number of carboxylic acids is 1. The third-order valence-corrected chi connectivity index (χ3v) is 4.86. The van der Waals surface area contributed by atoms with Gasteiger partial charge in [0, 0.05) is 22.7 Å². The number of alkyl halides is 2. The molecule has 1 atom stereocenters. The molecule has 0 saturated heterocycles. The average molecular weight is 397 g/mol. The molecular weight excluding hydrogens is 380 g/mol. The Morgan fingerprint density at radius 1 is 1.14 bits per heavy atom. The lowest BCUT2D eigenvalue weighted by atomic mass is 9.97. The predicted molar refractivity (Wildman–Crippen MR) is 101 cm³/mol. The van der Waals surface area contributed by atoms with Crippen LogP contribution in [-0.4, -0.2) is 32.8 Å². The molecule has 2 N–H and O–H groups in total. The number of aromatic carboxylic acids is 1. The van der Waals surface area contributed by atoms with E-state index in [1.54, 1.807) is 25.1 Å². The predicted octanol–water partition coefficient (Wildman–Crippen LogP) is 3.52. The van der Waals surface area contributed by atoms with Gasteiger partial charge in [0.15, 0.2) is 0 Å². The number of carbonyl (C=O) groups excluding carboxylic acids is 1. The van der Waals surface area contributed by atoms with Gasteiger partial charge in [0.25, 0.3) is 11.8 Å². The molecule has 4 rings (SSSR count). The normalized spacial score (nSPS) is 16.2. The van der Waals surface area contributed by atoms with Gasteiger partial charge in [-0.15, -0.1) is 0 Å². The monoisotopic (exact) mass is 397 g/mol. The zero-order chi connectivity index (χ0) is 20.8. The number of carboxylic acid groups (broad SMARTS) is 1. The first kappa shape index (κ1) is 18.8. The molecule has 1 aliphatic heterocycles. The van der Waals surface area contributed by atoms with Gasteiger partial charge >= 0.3 is 5.97 Å². The molecule has 148 valence electrons. The third-order valence-electron chi connectivity index (χ3n) is 4.86. The maximum atomic E-state index is 14.7. The Hall–Kier alpha value is -3.55. The number of rotatable bonds is 4. The molecule has 1 aliphatic rings. The second kappa shape index (κ2) is 6.80. The Balaban J connectivity index is 1.76. The quantitative estimate of drug-likeness (QED) is 0.706. The minimum atomic E-state index is -3.20. The summed E-state index contributed by atoms with van der Waals surface area (Å²) in [5, 5.41) is 16.6. The van der Waals surface area contributed by atoms with Crippen molar-refractivity contribution >= 4 is 11.9 Å². The zero-order valence-corrected chi connectivity index (χ0v) is 15.4. The highest BCUT2D eigenvalue weighted by atomic mass is 19.3. The zero-order valence-electron chi connectivity index (χ0n) is 15.4. The van der Waals surface area contributed by atoms with Crippen LogP contribution in [0.25, 0.3) is 11.3 Å². The Morgan fingerprint density at radius 3 is 2.38 bits per heavy atom. The van der Waals surface area contributed by atoms with Gasteiger partial charge in [-0.25, -0.2) is 4.79 Å². The first-order chi connectivity index (χ1) is 13.8. The number of hydrogen-bond donors (Lipinski definition) is 2. The van der Waals surface area contributed by atoms with Gasteiger partial charge in [-0.1, -0.05) is 54.6 Å². The van der Waals surface area contributed by atoms with Crippen LogP contribution >= 0.6 is 0 Å². The van der Waals surface area contributed by atoms with Gasteiger partial charge in [0.1, 0.15) is 17.0 Å². The molecule has 1 amide bonds. The molecular formula is C21H17F2N3O3. The number of carbonyl (C=O) groups is 2. The SMILES string of the molecule is CC1Cn2nc(-c3ccc(C(F)(F)c4ccccc4)cc3)c(C(=O)O)c2C(=O)N1. The highest BCUT2D eigenvalue weighted by Crippen LogP contribution is 2.37. The van der Waals surface area contributed by atoms with E-state index in [0.717, 1.165) is 0 Å². The van der Waals surface area contributed by atoms with Crippen LogP contribution in [0.2, 0.25) is 0 Å². The molecule has 0 aliphatic carbocycles. The van der Waals surface area contributed by atoms with Gasteiger partial charge < -0.3 is 10.4 Å². The minimum Gasteiger partial charge on any atom is -0.478 e. The maximum absolute atomic E-state index is 14.7. The van der Waals surface area contributed by atoms with E-state index in [4.69, 9.17) is 0 Å². The lowest BCUT2D eigenvalue weighted by Gasteiger charge is -2.21. The summed E-state index contributed by atoms with van der Waals surface area (Å²) in [6.45, 7) is 2.11. The van der Waals surface area contributed by atoms with Crippen LogP contribution in [-0.2, 0) is 12.5 Å². The van der Waals surface area contributed by atoms with Crippen molar-refractivity contribution in [1.82, 2.24) is 15.1 Å². The third kappa shape index (κ3) is 3.16. The summed E-state index contributed by atoms with van der Waals surface area (Å²) in [5.41, 5.74) is -0.216. The molecule has 0 spiro atoms. The van der Waals surface area contributed by atoms with Gasteiger partial charge in [-0.05, 0) is 6.92 Å². The topological polar surface area (TPSA) is 84.2 Å². The van der Waals surface area contributed by atoms with Crippen molar-refractivity contribution < 1.29 is 23.5 Å². The van der Waals surface area contributed by atoms with Crippen LogP contribution in [0.3, 0.4) is 0 Å². The standard InChI is InChI=1S/C21H17F2N3O3/c1-12-11-26-18(19(27)24-12)16(20(28)29)17(25-26)13-7-9-15(10-8-13)21(22,23)14-5-3-2-4-6-14/h2-10,12H,11H2,1H3,(H,24,27)(H,28,29). The molecule has 29 heavy (non-hydrogen) atoms. The van der Waals surface area contributed by atoms with E-state index in [2.05, 4.69) is 10.4 Å². The number of nitrogens with zero attached hydrogens (tertiary/aromatic N) is 2. The number of hydrogen-bond acceptors (Lipinski definition) is 3. The number of amides is 1. The minimum absolute atomic E-state index is 0.0377. The Bertz CT molecular complexity index is 1090. The summed E-state index contributed by atoms with van der Waals surface area (Å²) in [6, 6.07) is 12.5. The van der Waals surface area contributed by atoms with E-state index in [9.17, 15) is 23.5 Å². The van der Waals surface area contributed by atoms with Crippen LogP contribution in [0.5, 0.6) is 0 Å². The number of halogens is 2. The van der Waals surface area contributed by atoms with Crippen molar-refractivity contribution in [3.63, 3.8) is 0 Å². The van der Waals surface area contributed by atoms with Crippen molar-refractivity contribution in [2.24, 2.45) is 0 Å². The molecule has 2 heterocycles. The lowest BCUT2D eigenvalue weighted by molar-refractivity contribution is 0.0428. The van der Waals surface area contributed by atoms with Crippen molar-refractivity contribution in [2.45, 2.75) is 25.4 Å². The summed E-state index contributed by atoms with van der Waals surface area (Å²) in [7, 11) is 0. The fourth-order valence-corrected chi connectivity index (χ4v) is 3.48. The van der Waals surface area contributed by atoms with Crippen LogP contribution in [0.1, 0.15) is 38.9 Å². The smallest absolute Gasteiger partial charge is 0.340 e. The second-order valence-corrected chi connectivity index (χ2v) is 6.95. The summed E-state index contributed by atoms with van der Waals surface area (Å²) >= 11 is 0. The Morgan fingerprint density at radius 2 is 1.76 bits per heavy atom. The van der Waals surface area contributed by atoms with Gasteiger partial charge in [-0.2, -0.15) is 13.9 Å². The highest BCUT2D eigenvalue weighted by Gasteiger charge is 2.35. The maximum Gasteiger partial charge on any atom is 0.340 e. The molecule has 0 bridgehead atoms. The number of benzene rings is 2. The molecule has 1 unspecified atom stereocenters. The van der Waals surface area contributed by atoms with E-state index in [-0.39, 0.29) is 34.1 Å². The van der Waals surface area contributed by atoms with E-state index in [1.165, 1.54) is 41.1 Å². The molecule has 2 aromatic carbocycles. The molecule has 0 radical (unpaired) electrons. The van der Waals surface area contributed by atoms with E-state index >= 15 is 0 Å². The number of nitrogens with one attached hydrogen (secondary N) is 1. The number of fused-ring (bicyclic) bond motifs is 1. The Labute approximate surface area is 164 Å². The summed E-state index contributed by atoms with van der Waals surface area (Å²) in [5.74, 6) is -5.02. The van der Waals surface area contributed by atoms with Crippen LogP contribution in [0.15, 0.2) is 54.6 Å². The van der Waals surface area contributed by atoms with E-state index < -0.39 is 17.8 Å². The average Bonchev–Trinajstić information content (AvgIpc) is 3.09. The first-order valence-corrected chi connectivity index (χ1v) is 8.98. The van der Waals surface area contributed by atoms with Crippen molar-refractivity contribution in [1.29, 1.82) is 0 Å². The summed E-state index contributed by atoms with van der Waals surface area (Å²) in [6.07, 6.45) is 0. The van der Waals surface area contributed by atoms with Crippen LogP contribution < -0.4 is 5.32 Å². The molecule has 0 fully saturated rings. The number of aromatic nitrogens is 2. The van der Waals surface area contributed by atoms with Crippen molar-refractivity contribution in [3.05, 3.63) is 77.0 Å². The van der Waals surface area contributed by atoms with E-state index in [0.29, 0.717) is 12.1 Å². The lowest BCUT2D eigenvalue weighted by Crippen LogP contribution is -2.43. The molecule has 6 nitrogen and oxygen atoms in total. The van der Waals surface area contributed by atoms with Crippen molar-refractivity contribution in [3.8, 4) is 11.3 Å². The molecule has 8 heteroatoms. The second-order valence-electron chi connectivity index (χ2n) is 6.95. The summed E-state index contributed by atoms with van der Waals surface area (Å²) < 4.78 is 30.8. The Kier molecular flexibility index (Phi) is 4.41. The molecule has 0 saturated carbocycles. The van der Waals surface area contributed by atoms with Gasteiger partial charge in [-0.3, -0.25) is 9.48 Å². The van der Waals surface area contributed by atoms with Crippen LogP contribution in [0.4, 0.5) is 8.78 Å².